The van der Waals surface area contributed by atoms with Crippen LogP contribution in [0.1, 0.15) is 77.7 Å². The van der Waals surface area contributed by atoms with Gasteiger partial charge in [-0.25, -0.2) is 0 Å². The van der Waals surface area contributed by atoms with Gasteiger partial charge in [0.15, 0.2) is 12.2 Å². The van der Waals surface area contributed by atoms with Crippen molar-refractivity contribution in [3.05, 3.63) is 18.5 Å². The van der Waals surface area contributed by atoms with E-state index < -0.39 is 0 Å². The number of nitrogens with zero attached hydrogens (tertiary/aromatic N) is 1. The Morgan fingerprint density at radius 1 is 1.00 bits per heavy atom. The lowest BCUT2D eigenvalue weighted by molar-refractivity contribution is -0.771. The standard InChI is InChI=1S/C15H28N2/c1-3-4-5-6-7-8-9-10-12-15(2)17-14-11-13-16-17/h11,13-15H,3-10,12H2,1-2H3/p+1. The summed E-state index contributed by atoms with van der Waals surface area (Å²) in [5.74, 6) is 0. The summed E-state index contributed by atoms with van der Waals surface area (Å²) < 4.78 is 2.20. The minimum absolute atomic E-state index is 0.616. The van der Waals surface area contributed by atoms with Crippen LogP contribution in [0.4, 0.5) is 0 Å². The van der Waals surface area contributed by atoms with Crippen LogP contribution in [0.15, 0.2) is 18.5 Å². The van der Waals surface area contributed by atoms with Gasteiger partial charge in [-0.05, 0) is 6.42 Å². The number of nitrogens with one attached hydrogen (secondary N) is 1. The summed E-state index contributed by atoms with van der Waals surface area (Å²) >= 11 is 0. The first-order valence-electron chi connectivity index (χ1n) is 7.39. The van der Waals surface area contributed by atoms with Crippen LogP contribution in [-0.4, -0.2) is 5.10 Å². The summed E-state index contributed by atoms with van der Waals surface area (Å²) in [7, 11) is 0. The minimum atomic E-state index is 0.616. The van der Waals surface area contributed by atoms with Crippen molar-refractivity contribution in [1.29, 1.82) is 0 Å². The second kappa shape index (κ2) is 9.26. The first-order valence-corrected chi connectivity index (χ1v) is 7.39. The molecule has 0 bridgehead atoms. The Hall–Kier alpha value is -0.790. The minimum Gasteiger partial charge on any atom is -0.173 e. The number of unbranched alkanes of at least 4 members (excludes halogenated alkanes) is 7. The Bertz CT molecular complexity index is 254. The fourth-order valence-electron chi connectivity index (χ4n) is 2.29. The number of aromatic nitrogens is 2. The highest BCUT2D eigenvalue weighted by atomic mass is 15.3. The number of rotatable bonds is 10. The normalized spacial score (nSPS) is 12.8. The molecule has 98 valence electrons. The third kappa shape index (κ3) is 6.50. The van der Waals surface area contributed by atoms with Crippen molar-refractivity contribution < 1.29 is 4.68 Å². The van der Waals surface area contributed by atoms with E-state index in [1.165, 1.54) is 57.8 Å². The molecule has 2 heteroatoms. The molecular weight excluding hydrogens is 208 g/mol. The Morgan fingerprint density at radius 3 is 2.24 bits per heavy atom. The van der Waals surface area contributed by atoms with Crippen LogP contribution in [0.2, 0.25) is 0 Å². The largest absolute Gasteiger partial charge is 0.195 e. The van der Waals surface area contributed by atoms with Crippen LogP contribution in [0.5, 0.6) is 0 Å². The molecule has 0 fully saturated rings. The van der Waals surface area contributed by atoms with Crippen molar-refractivity contribution in [2.24, 2.45) is 0 Å². The van der Waals surface area contributed by atoms with Crippen LogP contribution >= 0.6 is 0 Å². The summed E-state index contributed by atoms with van der Waals surface area (Å²) in [4.78, 5) is 0. The van der Waals surface area contributed by atoms with E-state index in [0.29, 0.717) is 6.04 Å². The predicted molar refractivity (Wildman–Crippen MR) is 72.9 cm³/mol. The van der Waals surface area contributed by atoms with E-state index in [-0.39, 0.29) is 0 Å². The van der Waals surface area contributed by atoms with Crippen LogP contribution in [0.3, 0.4) is 0 Å². The lowest BCUT2D eigenvalue weighted by atomic mass is 10.1. The van der Waals surface area contributed by atoms with E-state index in [9.17, 15) is 0 Å². The van der Waals surface area contributed by atoms with Crippen LogP contribution in [0, 0.1) is 0 Å². The van der Waals surface area contributed by atoms with Gasteiger partial charge in [0.25, 0.3) is 0 Å². The molecule has 1 heterocycles. The van der Waals surface area contributed by atoms with E-state index in [2.05, 4.69) is 35.9 Å². The summed E-state index contributed by atoms with van der Waals surface area (Å²) in [5.41, 5.74) is 0. The smallest absolute Gasteiger partial charge is 0.173 e. The maximum atomic E-state index is 3.23. The molecular formula is C15H29N2+. The fraction of sp³-hybridized carbons (Fsp3) is 0.800. The fourth-order valence-corrected chi connectivity index (χ4v) is 2.29. The van der Waals surface area contributed by atoms with Gasteiger partial charge in [-0.1, -0.05) is 51.9 Å². The van der Waals surface area contributed by atoms with Crippen LogP contribution in [0.25, 0.3) is 0 Å². The molecule has 0 saturated carbocycles. The van der Waals surface area contributed by atoms with Gasteiger partial charge in [0.1, 0.15) is 0 Å². The van der Waals surface area contributed by atoms with Crippen LogP contribution < -0.4 is 4.68 Å². The number of hydrogen-bond donors (Lipinski definition) is 1. The van der Waals surface area contributed by atoms with Gasteiger partial charge in [-0.15, -0.1) is 4.68 Å². The molecule has 1 aromatic rings. The molecule has 0 aliphatic heterocycles. The van der Waals surface area contributed by atoms with Crippen molar-refractivity contribution >= 4 is 0 Å². The molecule has 0 saturated heterocycles. The number of aromatic amines is 1. The molecule has 1 N–H and O–H groups in total. The van der Waals surface area contributed by atoms with Gasteiger partial charge in [0, 0.05) is 19.4 Å². The molecule has 0 aromatic carbocycles. The maximum Gasteiger partial charge on any atom is 0.195 e. The highest BCUT2D eigenvalue weighted by molar-refractivity contribution is 4.68. The Morgan fingerprint density at radius 2 is 1.65 bits per heavy atom. The Kier molecular flexibility index (Phi) is 7.78. The lowest BCUT2D eigenvalue weighted by Gasteiger charge is -2.04. The molecule has 17 heavy (non-hydrogen) atoms. The second-order valence-corrected chi connectivity index (χ2v) is 5.16. The Balaban J connectivity index is 1.90. The molecule has 2 nitrogen and oxygen atoms in total. The van der Waals surface area contributed by atoms with E-state index in [0.717, 1.165) is 0 Å². The molecule has 1 atom stereocenters. The molecule has 0 aliphatic carbocycles. The SMILES string of the molecule is CCCCCCCCCCC(C)[n+]1ccc[nH]1. The zero-order chi connectivity index (χ0) is 12.3. The topological polar surface area (TPSA) is 19.7 Å². The number of hydrogen-bond acceptors (Lipinski definition) is 0. The lowest BCUT2D eigenvalue weighted by Crippen LogP contribution is -2.38. The van der Waals surface area contributed by atoms with E-state index >= 15 is 0 Å². The summed E-state index contributed by atoms with van der Waals surface area (Å²) in [5, 5.41) is 3.23. The van der Waals surface area contributed by atoms with E-state index in [1.807, 2.05) is 6.20 Å². The average molecular weight is 237 g/mol. The van der Waals surface area contributed by atoms with E-state index in [4.69, 9.17) is 0 Å². The molecule has 0 spiro atoms. The summed E-state index contributed by atoms with van der Waals surface area (Å²) in [6.07, 6.45) is 16.7. The zero-order valence-electron chi connectivity index (χ0n) is 11.6. The second-order valence-electron chi connectivity index (χ2n) is 5.16. The third-order valence-electron chi connectivity index (χ3n) is 3.52. The first kappa shape index (κ1) is 14.3. The average Bonchev–Trinajstić information content (AvgIpc) is 2.86. The van der Waals surface area contributed by atoms with Crippen LogP contribution in [-0.2, 0) is 0 Å². The molecule has 1 unspecified atom stereocenters. The van der Waals surface area contributed by atoms with Crippen molar-refractivity contribution in [3.8, 4) is 0 Å². The van der Waals surface area contributed by atoms with Gasteiger partial charge < -0.3 is 0 Å². The summed E-state index contributed by atoms with van der Waals surface area (Å²) in [6.45, 7) is 4.57. The molecule has 0 amide bonds. The number of H-pyrrole nitrogens is 1. The van der Waals surface area contributed by atoms with Crippen molar-refractivity contribution in [2.45, 2.75) is 77.7 Å². The van der Waals surface area contributed by atoms with E-state index in [1.54, 1.807) is 0 Å². The molecule has 1 aromatic heterocycles. The first-order chi connectivity index (χ1) is 8.34. The predicted octanol–water partition coefficient (Wildman–Crippen LogP) is 4.39. The van der Waals surface area contributed by atoms with Crippen molar-refractivity contribution in [3.63, 3.8) is 0 Å². The van der Waals surface area contributed by atoms with Crippen molar-refractivity contribution in [1.82, 2.24) is 5.10 Å². The highest BCUT2D eigenvalue weighted by Crippen LogP contribution is 2.12. The van der Waals surface area contributed by atoms with Gasteiger partial charge in [0.05, 0.1) is 6.20 Å². The Labute approximate surface area is 106 Å². The molecule has 0 radical (unpaired) electrons. The summed E-state index contributed by atoms with van der Waals surface area (Å²) in [6, 6.07) is 2.68. The highest BCUT2D eigenvalue weighted by Gasteiger charge is 2.11. The van der Waals surface area contributed by atoms with Crippen molar-refractivity contribution in [2.75, 3.05) is 0 Å². The molecule has 1 rings (SSSR count). The zero-order valence-corrected chi connectivity index (χ0v) is 11.6. The van der Waals surface area contributed by atoms with Gasteiger partial charge in [-0.3, -0.25) is 0 Å². The third-order valence-corrected chi connectivity index (χ3v) is 3.52. The van der Waals surface area contributed by atoms with Gasteiger partial charge in [0.2, 0.25) is 0 Å². The quantitative estimate of drug-likeness (QED) is 0.460. The van der Waals surface area contributed by atoms with Gasteiger partial charge in [-0.2, -0.15) is 5.10 Å². The van der Waals surface area contributed by atoms with Gasteiger partial charge >= 0.3 is 0 Å². The maximum absolute atomic E-state index is 3.23. The molecule has 0 aliphatic rings. The monoisotopic (exact) mass is 237 g/mol.